The summed E-state index contributed by atoms with van der Waals surface area (Å²) in [5, 5.41) is 3.67. The quantitative estimate of drug-likeness (QED) is 0.140. The molecule has 224 valence electrons. The number of benzene rings is 1. The van der Waals surface area contributed by atoms with Crippen LogP contribution in [0.25, 0.3) is 0 Å². The van der Waals surface area contributed by atoms with E-state index in [1.165, 1.54) is 29.4 Å². The van der Waals surface area contributed by atoms with E-state index < -0.39 is 0 Å². The van der Waals surface area contributed by atoms with E-state index in [0.717, 1.165) is 79.9 Å². The van der Waals surface area contributed by atoms with Crippen LogP contribution in [0.4, 0.5) is 0 Å². The maximum Gasteiger partial charge on any atom is 0.309 e. The largest absolute Gasteiger partial charge is 0.493 e. The van der Waals surface area contributed by atoms with Crippen LogP contribution in [0.2, 0.25) is 0 Å². The molecule has 1 aromatic carbocycles. The topological polar surface area (TPSA) is 56.8 Å². The van der Waals surface area contributed by atoms with Crippen LogP contribution in [0.1, 0.15) is 104 Å². The lowest BCUT2D eigenvalue weighted by Crippen LogP contribution is -2.31. The molecule has 5 nitrogen and oxygen atoms in total. The van der Waals surface area contributed by atoms with Gasteiger partial charge in [-0.15, -0.1) is 0 Å². The van der Waals surface area contributed by atoms with Crippen LogP contribution in [0.3, 0.4) is 0 Å². The molecule has 2 aliphatic carbocycles. The zero-order valence-electron chi connectivity index (χ0n) is 26.4. The minimum absolute atomic E-state index is 0.0297. The number of nitrogens with one attached hydrogen (secondary N) is 1. The van der Waals surface area contributed by atoms with E-state index >= 15 is 0 Å². The number of rotatable bonds is 14. The van der Waals surface area contributed by atoms with Gasteiger partial charge < -0.3 is 19.5 Å². The molecule has 41 heavy (non-hydrogen) atoms. The van der Waals surface area contributed by atoms with Crippen molar-refractivity contribution in [3.8, 4) is 0 Å². The molecule has 2 fully saturated rings. The Labute approximate surface area is 248 Å². The number of carbonyl (C=O) groups excluding carboxylic acids is 1. The predicted octanol–water partition coefficient (Wildman–Crippen LogP) is 9.01. The van der Waals surface area contributed by atoms with Crippen LogP contribution in [-0.2, 0) is 25.4 Å². The summed E-state index contributed by atoms with van der Waals surface area (Å²) in [6.45, 7) is 17.4. The van der Waals surface area contributed by atoms with Gasteiger partial charge in [-0.3, -0.25) is 4.79 Å². The molecule has 0 amide bonds. The van der Waals surface area contributed by atoms with Crippen molar-refractivity contribution in [2.45, 2.75) is 99.0 Å². The van der Waals surface area contributed by atoms with Crippen LogP contribution >= 0.6 is 0 Å². The van der Waals surface area contributed by atoms with Crippen molar-refractivity contribution in [2.24, 2.45) is 11.8 Å². The van der Waals surface area contributed by atoms with E-state index in [2.05, 4.69) is 76.9 Å². The van der Waals surface area contributed by atoms with Gasteiger partial charge in [0.15, 0.2) is 5.88 Å². The molecule has 3 rings (SSSR count). The molecule has 1 N–H and O–H groups in total. The van der Waals surface area contributed by atoms with Gasteiger partial charge in [0, 0.05) is 11.6 Å². The number of aryl methyl sites for hydroxylation is 1. The van der Waals surface area contributed by atoms with Crippen LogP contribution < -0.4 is 5.32 Å². The smallest absolute Gasteiger partial charge is 0.309 e. The third-order valence-electron chi connectivity index (χ3n) is 8.42. The molecule has 0 aliphatic heterocycles. The second-order valence-corrected chi connectivity index (χ2v) is 11.5. The van der Waals surface area contributed by atoms with E-state index in [9.17, 15) is 4.79 Å². The van der Waals surface area contributed by atoms with Crippen molar-refractivity contribution < 1.29 is 19.0 Å². The van der Waals surface area contributed by atoms with Gasteiger partial charge in [-0.1, -0.05) is 63.6 Å². The third-order valence-corrected chi connectivity index (χ3v) is 8.42. The van der Waals surface area contributed by atoms with E-state index in [0.29, 0.717) is 6.61 Å². The maximum atomic E-state index is 12.3. The standard InChI is InChI=1S/C36H51NO4/c1-9-28-15-11-13-17-31(28)27(7)41-35(29-20-21-29)37-33(10-2)26(6)25(5)19-22-34(24(3)4)40-23-30-16-12-14-18-32(30)36(38)39-8/h11,13,15,17,19,22,27,30,32,37H,3,9-10,12,14,16,18,20-21,23H2,1-2,4-8H3/b25-19+,33-26-,34-22+/t27?,30-,32?/m1/s1. The van der Waals surface area contributed by atoms with Gasteiger partial charge in [0.05, 0.1) is 19.6 Å². The highest BCUT2D eigenvalue weighted by Crippen LogP contribution is 2.35. The second-order valence-electron chi connectivity index (χ2n) is 11.5. The fourth-order valence-electron chi connectivity index (χ4n) is 5.51. The SMILES string of the molecule is C=C(C)\C(=C/C=C(C)/C(C)=C(/CC)NC(OC(C)c1ccccc1CC)=C1CC1)OC[C@H]1CCCCC1C(=O)OC. The van der Waals surface area contributed by atoms with Crippen molar-refractivity contribution in [1.82, 2.24) is 5.32 Å². The normalized spacial score (nSPS) is 20.5. The molecule has 2 unspecified atom stereocenters. The van der Waals surface area contributed by atoms with Crippen LogP contribution in [0, 0.1) is 11.8 Å². The fourth-order valence-corrected chi connectivity index (χ4v) is 5.51. The first-order valence-corrected chi connectivity index (χ1v) is 15.4. The van der Waals surface area contributed by atoms with Crippen LogP contribution in [-0.4, -0.2) is 19.7 Å². The number of ether oxygens (including phenoxy) is 3. The molecule has 0 aromatic heterocycles. The van der Waals surface area contributed by atoms with E-state index in [1.54, 1.807) is 0 Å². The summed E-state index contributed by atoms with van der Waals surface area (Å²) in [6.07, 6.45) is 12.1. The average molecular weight is 562 g/mol. The number of allylic oxidation sites excluding steroid dienone is 7. The number of esters is 1. The van der Waals surface area contributed by atoms with Crippen molar-refractivity contribution in [2.75, 3.05) is 13.7 Å². The Hall–Kier alpha value is -3.21. The first kappa shape index (κ1) is 32.3. The average Bonchev–Trinajstić information content (AvgIpc) is 3.84. The predicted molar refractivity (Wildman–Crippen MR) is 168 cm³/mol. The molecule has 5 heteroatoms. The summed E-state index contributed by atoms with van der Waals surface area (Å²) in [7, 11) is 1.47. The third kappa shape index (κ3) is 9.14. The molecule has 0 radical (unpaired) electrons. The van der Waals surface area contributed by atoms with E-state index in [1.807, 2.05) is 13.0 Å². The zero-order valence-corrected chi connectivity index (χ0v) is 26.4. The summed E-state index contributed by atoms with van der Waals surface area (Å²) >= 11 is 0. The van der Waals surface area contributed by atoms with Gasteiger partial charge in [-0.2, -0.15) is 0 Å². The van der Waals surface area contributed by atoms with Gasteiger partial charge in [0.2, 0.25) is 0 Å². The number of methoxy groups -OCH3 is 1. The molecule has 0 saturated heterocycles. The lowest BCUT2D eigenvalue weighted by atomic mass is 9.79. The van der Waals surface area contributed by atoms with Crippen LogP contribution in [0.5, 0.6) is 0 Å². The van der Waals surface area contributed by atoms with Crippen molar-refractivity contribution in [1.29, 1.82) is 0 Å². The Balaban J connectivity index is 1.73. The molecule has 3 atom stereocenters. The van der Waals surface area contributed by atoms with Crippen molar-refractivity contribution >= 4 is 5.97 Å². The molecule has 0 spiro atoms. The summed E-state index contributed by atoms with van der Waals surface area (Å²) in [6, 6.07) is 8.54. The molecule has 2 saturated carbocycles. The Morgan fingerprint density at radius 1 is 1.10 bits per heavy atom. The van der Waals surface area contributed by atoms with Gasteiger partial charge >= 0.3 is 5.97 Å². The Morgan fingerprint density at radius 3 is 2.44 bits per heavy atom. The van der Waals surface area contributed by atoms with Crippen molar-refractivity contribution in [3.63, 3.8) is 0 Å². The molecule has 0 heterocycles. The lowest BCUT2D eigenvalue weighted by molar-refractivity contribution is -0.149. The molecule has 2 aliphatic rings. The fraction of sp³-hybridized carbons (Fsp3) is 0.528. The monoisotopic (exact) mass is 561 g/mol. The first-order chi connectivity index (χ1) is 19.7. The zero-order chi connectivity index (χ0) is 29.9. The van der Waals surface area contributed by atoms with Gasteiger partial charge in [0.25, 0.3) is 0 Å². The summed E-state index contributed by atoms with van der Waals surface area (Å²) < 4.78 is 17.9. The summed E-state index contributed by atoms with van der Waals surface area (Å²) in [5.41, 5.74) is 8.26. The van der Waals surface area contributed by atoms with Gasteiger partial charge in [0.1, 0.15) is 11.9 Å². The number of hydrogen-bond donors (Lipinski definition) is 1. The number of hydrogen-bond acceptors (Lipinski definition) is 5. The lowest BCUT2D eigenvalue weighted by Gasteiger charge is -2.29. The molecular formula is C36H51NO4. The molecule has 0 bridgehead atoms. The van der Waals surface area contributed by atoms with E-state index in [4.69, 9.17) is 14.2 Å². The summed E-state index contributed by atoms with van der Waals surface area (Å²) in [5.74, 6) is 1.62. The first-order valence-electron chi connectivity index (χ1n) is 15.4. The highest BCUT2D eigenvalue weighted by atomic mass is 16.5. The second kappa shape index (κ2) is 15.7. The Bertz CT molecular complexity index is 1200. The highest BCUT2D eigenvalue weighted by molar-refractivity contribution is 5.72. The van der Waals surface area contributed by atoms with E-state index in [-0.39, 0.29) is 23.9 Å². The minimum atomic E-state index is -0.122. The van der Waals surface area contributed by atoms with Crippen molar-refractivity contribution in [3.05, 3.63) is 93.8 Å². The minimum Gasteiger partial charge on any atom is -0.493 e. The Kier molecular flexibility index (Phi) is 12.4. The number of carbonyl (C=O) groups is 1. The van der Waals surface area contributed by atoms with Gasteiger partial charge in [-0.05, 0) is 106 Å². The van der Waals surface area contributed by atoms with Gasteiger partial charge in [-0.25, -0.2) is 0 Å². The Morgan fingerprint density at radius 2 is 1.80 bits per heavy atom. The molecular weight excluding hydrogens is 510 g/mol. The summed E-state index contributed by atoms with van der Waals surface area (Å²) in [4.78, 5) is 12.3. The molecule has 1 aromatic rings. The highest BCUT2D eigenvalue weighted by Gasteiger charge is 2.32. The van der Waals surface area contributed by atoms with Crippen LogP contribution in [0.15, 0.2) is 82.6 Å². The maximum absolute atomic E-state index is 12.3.